The number of sulfonamides is 1. The van der Waals surface area contributed by atoms with Crippen LogP contribution < -0.4 is 9.62 Å². The first-order valence-corrected chi connectivity index (χ1v) is 13.2. The summed E-state index contributed by atoms with van der Waals surface area (Å²) in [6, 6.07) is 16.1. The summed E-state index contributed by atoms with van der Waals surface area (Å²) < 4.78 is 25.9. The molecule has 0 bridgehead atoms. The SMILES string of the molecule is CCNC(=O)[C@@H](CC)N(Cc1cccc(C)c1)C(=O)CCCN(c1ccccc1)S(C)(=O)=O. The Labute approximate surface area is 197 Å². The van der Waals surface area contributed by atoms with Gasteiger partial charge in [-0.1, -0.05) is 55.0 Å². The fourth-order valence-corrected chi connectivity index (χ4v) is 4.78. The van der Waals surface area contributed by atoms with Crippen LogP contribution in [0.3, 0.4) is 0 Å². The molecule has 0 aliphatic rings. The average Bonchev–Trinajstić information content (AvgIpc) is 2.76. The Hall–Kier alpha value is -2.87. The van der Waals surface area contributed by atoms with Crippen LogP contribution in [0, 0.1) is 6.92 Å². The van der Waals surface area contributed by atoms with Gasteiger partial charge in [-0.25, -0.2) is 8.42 Å². The van der Waals surface area contributed by atoms with E-state index in [0.717, 1.165) is 17.4 Å². The summed E-state index contributed by atoms with van der Waals surface area (Å²) in [6.07, 6.45) is 2.13. The van der Waals surface area contributed by atoms with E-state index in [1.807, 2.05) is 51.1 Å². The van der Waals surface area contributed by atoms with Crippen molar-refractivity contribution in [1.29, 1.82) is 0 Å². The van der Waals surface area contributed by atoms with Gasteiger partial charge in [0, 0.05) is 26.1 Å². The molecule has 2 rings (SSSR count). The molecule has 0 aromatic heterocycles. The van der Waals surface area contributed by atoms with E-state index in [0.29, 0.717) is 31.6 Å². The minimum absolute atomic E-state index is 0.139. The summed E-state index contributed by atoms with van der Waals surface area (Å²) in [4.78, 5) is 27.6. The van der Waals surface area contributed by atoms with Crippen molar-refractivity contribution in [3.8, 4) is 0 Å². The van der Waals surface area contributed by atoms with Gasteiger partial charge in [0.25, 0.3) is 0 Å². The fraction of sp³-hybridized carbons (Fsp3) is 0.440. The van der Waals surface area contributed by atoms with Crippen LogP contribution in [-0.2, 0) is 26.2 Å². The van der Waals surface area contributed by atoms with Crippen LogP contribution in [0.15, 0.2) is 54.6 Å². The summed E-state index contributed by atoms with van der Waals surface area (Å²) in [5.41, 5.74) is 2.60. The molecule has 1 atom stereocenters. The van der Waals surface area contributed by atoms with Gasteiger partial charge < -0.3 is 10.2 Å². The zero-order valence-corrected chi connectivity index (χ0v) is 20.8. The van der Waals surface area contributed by atoms with Crippen LogP contribution in [-0.4, -0.2) is 50.5 Å². The molecular weight excluding hydrogens is 438 g/mol. The molecule has 2 aromatic rings. The molecule has 8 heteroatoms. The maximum absolute atomic E-state index is 13.3. The number of aryl methyl sites for hydroxylation is 1. The Kier molecular flexibility index (Phi) is 9.91. The first-order chi connectivity index (χ1) is 15.7. The van der Waals surface area contributed by atoms with E-state index in [9.17, 15) is 18.0 Å². The summed E-state index contributed by atoms with van der Waals surface area (Å²) in [6.45, 7) is 6.72. The molecule has 2 aromatic carbocycles. The molecule has 0 fully saturated rings. The molecule has 1 N–H and O–H groups in total. The number of hydrogen-bond donors (Lipinski definition) is 1. The zero-order chi connectivity index (χ0) is 24.4. The van der Waals surface area contributed by atoms with Crippen LogP contribution >= 0.6 is 0 Å². The van der Waals surface area contributed by atoms with Gasteiger partial charge in [-0.3, -0.25) is 13.9 Å². The number of carbonyl (C=O) groups excluding carboxylic acids is 2. The van der Waals surface area contributed by atoms with E-state index in [2.05, 4.69) is 5.32 Å². The summed E-state index contributed by atoms with van der Waals surface area (Å²) in [5.74, 6) is -0.348. The van der Waals surface area contributed by atoms with Crippen molar-refractivity contribution in [2.24, 2.45) is 0 Å². The fourth-order valence-electron chi connectivity index (χ4n) is 3.82. The van der Waals surface area contributed by atoms with Crippen molar-refractivity contribution in [1.82, 2.24) is 10.2 Å². The lowest BCUT2D eigenvalue weighted by molar-refractivity contribution is -0.141. The summed E-state index contributed by atoms with van der Waals surface area (Å²) in [7, 11) is -3.49. The number of carbonyl (C=O) groups is 2. The Morgan fingerprint density at radius 2 is 1.73 bits per heavy atom. The van der Waals surface area contributed by atoms with Crippen molar-refractivity contribution < 1.29 is 18.0 Å². The van der Waals surface area contributed by atoms with Crippen molar-refractivity contribution in [3.63, 3.8) is 0 Å². The first kappa shape index (κ1) is 26.4. The van der Waals surface area contributed by atoms with E-state index in [-0.39, 0.29) is 24.8 Å². The van der Waals surface area contributed by atoms with Crippen LogP contribution in [0.2, 0.25) is 0 Å². The van der Waals surface area contributed by atoms with Gasteiger partial charge in [0.15, 0.2) is 0 Å². The number of amides is 2. The number of benzene rings is 2. The topological polar surface area (TPSA) is 86.8 Å². The van der Waals surface area contributed by atoms with Gasteiger partial charge in [0.05, 0.1) is 11.9 Å². The third-order valence-corrected chi connectivity index (χ3v) is 6.56. The molecular formula is C25H35N3O4S. The highest BCUT2D eigenvalue weighted by Crippen LogP contribution is 2.19. The average molecular weight is 474 g/mol. The van der Waals surface area contributed by atoms with Gasteiger partial charge in [0.2, 0.25) is 21.8 Å². The molecule has 0 radical (unpaired) electrons. The molecule has 0 saturated carbocycles. The lowest BCUT2D eigenvalue weighted by Crippen LogP contribution is -2.49. The van der Waals surface area contributed by atoms with Gasteiger partial charge in [-0.2, -0.15) is 0 Å². The maximum atomic E-state index is 13.3. The van der Waals surface area contributed by atoms with Crippen molar-refractivity contribution in [3.05, 3.63) is 65.7 Å². The summed E-state index contributed by atoms with van der Waals surface area (Å²) >= 11 is 0. The highest BCUT2D eigenvalue weighted by atomic mass is 32.2. The molecule has 0 aliphatic heterocycles. The molecule has 0 aliphatic carbocycles. The number of nitrogens with one attached hydrogen (secondary N) is 1. The molecule has 7 nitrogen and oxygen atoms in total. The molecule has 2 amide bonds. The van der Waals surface area contributed by atoms with E-state index in [1.165, 1.54) is 4.31 Å². The largest absolute Gasteiger partial charge is 0.355 e. The number of hydrogen-bond acceptors (Lipinski definition) is 4. The highest BCUT2D eigenvalue weighted by Gasteiger charge is 2.28. The van der Waals surface area contributed by atoms with E-state index >= 15 is 0 Å². The lowest BCUT2D eigenvalue weighted by atomic mass is 10.1. The van der Waals surface area contributed by atoms with Gasteiger partial charge in [-0.05, 0) is 44.4 Å². The lowest BCUT2D eigenvalue weighted by Gasteiger charge is -2.31. The Balaban J connectivity index is 2.18. The second-order valence-corrected chi connectivity index (χ2v) is 10.0. The van der Waals surface area contributed by atoms with E-state index in [1.54, 1.807) is 29.2 Å². The van der Waals surface area contributed by atoms with Crippen molar-refractivity contribution in [2.45, 2.75) is 52.6 Å². The van der Waals surface area contributed by atoms with E-state index < -0.39 is 16.1 Å². The molecule has 180 valence electrons. The number of nitrogens with zero attached hydrogens (tertiary/aromatic N) is 2. The maximum Gasteiger partial charge on any atom is 0.242 e. The quantitative estimate of drug-likeness (QED) is 0.511. The Morgan fingerprint density at radius 3 is 2.30 bits per heavy atom. The second kappa shape index (κ2) is 12.4. The standard InChI is InChI=1S/C25H35N3O4S/c1-5-23(25(30)26-6-2)27(19-21-13-10-12-20(3)18-21)24(29)16-11-17-28(33(4,31)32)22-14-8-7-9-15-22/h7-10,12-15,18,23H,5-6,11,16-17,19H2,1-4H3,(H,26,30)/t23-/m1/s1. The van der Waals surface area contributed by atoms with Crippen molar-refractivity contribution in [2.75, 3.05) is 23.7 Å². The first-order valence-electron chi connectivity index (χ1n) is 11.3. The minimum atomic E-state index is -3.49. The third kappa shape index (κ3) is 7.89. The normalized spacial score (nSPS) is 12.1. The third-order valence-electron chi connectivity index (χ3n) is 5.37. The van der Waals surface area contributed by atoms with Gasteiger partial charge >= 0.3 is 0 Å². The highest BCUT2D eigenvalue weighted by molar-refractivity contribution is 7.92. The Bertz CT molecular complexity index is 1020. The number of likely N-dealkylation sites (N-methyl/N-ethyl adjacent to an activating group) is 1. The second-order valence-electron chi connectivity index (χ2n) is 8.10. The van der Waals surface area contributed by atoms with Gasteiger partial charge in [0.1, 0.15) is 6.04 Å². The van der Waals surface area contributed by atoms with Crippen LogP contribution in [0.25, 0.3) is 0 Å². The number of anilines is 1. The van der Waals surface area contributed by atoms with Crippen LogP contribution in [0.1, 0.15) is 44.2 Å². The zero-order valence-electron chi connectivity index (χ0n) is 20.0. The Morgan fingerprint density at radius 1 is 1.03 bits per heavy atom. The number of rotatable bonds is 12. The molecule has 0 saturated heterocycles. The predicted octanol–water partition coefficient (Wildman–Crippen LogP) is 3.48. The molecule has 0 unspecified atom stereocenters. The van der Waals surface area contributed by atoms with E-state index in [4.69, 9.17) is 0 Å². The smallest absolute Gasteiger partial charge is 0.242 e. The number of para-hydroxylation sites is 1. The predicted molar refractivity (Wildman–Crippen MR) is 132 cm³/mol. The monoisotopic (exact) mass is 473 g/mol. The van der Waals surface area contributed by atoms with Crippen LogP contribution in [0.5, 0.6) is 0 Å². The molecule has 0 spiro atoms. The van der Waals surface area contributed by atoms with Crippen LogP contribution in [0.4, 0.5) is 5.69 Å². The molecule has 33 heavy (non-hydrogen) atoms. The minimum Gasteiger partial charge on any atom is -0.355 e. The summed E-state index contributed by atoms with van der Waals surface area (Å²) in [5, 5.41) is 2.82. The van der Waals surface area contributed by atoms with Crippen molar-refractivity contribution >= 4 is 27.5 Å². The molecule has 0 heterocycles. The van der Waals surface area contributed by atoms with Gasteiger partial charge in [-0.15, -0.1) is 0 Å².